The fourth-order valence-electron chi connectivity index (χ4n) is 6.61. The van der Waals surface area contributed by atoms with E-state index in [0.29, 0.717) is 51.7 Å². The van der Waals surface area contributed by atoms with Crippen molar-refractivity contribution in [3.05, 3.63) is 79.9 Å². The maximum atomic E-state index is 13.9. The van der Waals surface area contributed by atoms with Crippen LogP contribution in [0.3, 0.4) is 0 Å². The average molecular weight is 797 g/mol. The van der Waals surface area contributed by atoms with E-state index in [1.165, 1.54) is 38.5 Å². The van der Waals surface area contributed by atoms with Gasteiger partial charge in [-0.25, -0.2) is 0 Å². The minimum absolute atomic E-state index is 0.0219. The number of nitrogens with zero attached hydrogens (tertiary/aromatic N) is 4. The fourth-order valence-corrected chi connectivity index (χ4v) is 7.65. The number of carbonyl (C=O) groups is 2. The van der Waals surface area contributed by atoms with Crippen LogP contribution in [0.2, 0.25) is 18.1 Å². The molecule has 0 aliphatic carbocycles. The van der Waals surface area contributed by atoms with Crippen molar-refractivity contribution in [2.24, 2.45) is 0 Å². The van der Waals surface area contributed by atoms with Crippen molar-refractivity contribution in [1.29, 1.82) is 0 Å². The number of carbonyl (C=O) groups excluding carboxylic acids is 2. The number of unbranched alkanes of at least 4 members (excludes halogenated alkanes) is 2. The summed E-state index contributed by atoms with van der Waals surface area (Å²) in [5, 5.41) is 24.3. The zero-order valence-corrected chi connectivity index (χ0v) is 34.9. The number of nitro groups is 2. The number of amides is 2. The summed E-state index contributed by atoms with van der Waals surface area (Å²) in [4.78, 5) is 53.6. The number of methoxy groups -OCH3 is 2. The molecule has 2 fully saturated rings. The molecular formula is C40H56N4O11Si. The maximum absolute atomic E-state index is 13.9. The maximum Gasteiger partial charge on any atom is 0.286 e. The molecule has 2 aliphatic rings. The largest absolute Gasteiger partial charge is 0.493 e. The van der Waals surface area contributed by atoms with Crippen molar-refractivity contribution in [1.82, 2.24) is 9.80 Å². The molecule has 0 spiro atoms. The third kappa shape index (κ3) is 10.1. The summed E-state index contributed by atoms with van der Waals surface area (Å²) in [7, 11) is 0.692. The van der Waals surface area contributed by atoms with Crippen LogP contribution in [0, 0.1) is 20.2 Å². The molecule has 2 saturated heterocycles. The number of hydrogen-bond acceptors (Lipinski definition) is 11. The Morgan fingerprint density at radius 1 is 0.768 bits per heavy atom. The Balaban J connectivity index is 1.37. The lowest BCUT2D eigenvalue weighted by atomic mass is 10.1. The van der Waals surface area contributed by atoms with E-state index >= 15 is 0 Å². The molecule has 0 N–H and O–H groups in total. The van der Waals surface area contributed by atoms with Crippen LogP contribution in [-0.4, -0.2) is 99.0 Å². The van der Waals surface area contributed by atoms with Crippen LogP contribution in [0.4, 0.5) is 11.4 Å². The Bertz CT molecular complexity index is 1840. The van der Waals surface area contributed by atoms with E-state index in [1.807, 2.05) is 6.92 Å². The van der Waals surface area contributed by atoms with Gasteiger partial charge in [0.25, 0.3) is 23.2 Å². The molecule has 2 heterocycles. The van der Waals surface area contributed by atoms with Crippen LogP contribution in [0.1, 0.15) is 86.9 Å². The van der Waals surface area contributed by atoms with Crippen molar-refractivity contribution in [2.45, 2.75) is 96.4 Å². The highest BCUT2D eigenvalue weighted by Crippen LogP contribution is 2.40. The minimum atomic E-state index is -2.11. The highest BCUT2D eigenvalue weighted by atomic mass is 28.4. The smallest absolute Gasteiger partial charge is 0.286 e. The fraction of sp³-hybridized carbons (Fsp3) is 0.550. The highest BCUT2D eigenvalue weighted by molar-refractivity contribution is 6.74. The zero-order valence-electron chi connectivity index (χ0n) is 33.9. The Hall–Kier alpha value is -4.96. The van der Waals surface area contributed by atoms with E-state index < -0.39 is 35.7 Å². The first-order chi connectivity index (χ1) is 26.3. The van der Waals surface area contributed by atoms with Crippen LogP contribution >= 0.6 is 0 Å². The number of nitro benzene ring substituents is 2. The van der Waals surface area contributed by atoms with Crippen molar-refractivity contribution >= 4 is 31.5 Å². The van der Waals surface area contributed by atoms with E-state index in [9.17, 15) is 29.8 Å². The highest BCUT2D eigenvalue weighted by Gasteiger charge is 2.41. The molecule has 56 heavy (non-hydrogen) atoms. The molecule has 0 aromatic heterocycles. The Morgan fingerprint density at radius 2 is 1.20 bits per heavy atom. The van der Waals surface area contributed by atoms with Gasteiger partial charge in [0.2, 0.25) is 0 Å². The number of likely N-dealkylation sites (tertiary alicyclic amines) is 2. The topological polar surface area (TPSA) is 173 Å². The quantitative estimate of drug-likeness (QED) is 0.0469. The predicted molar refractivity (Wildman–Crippen MR) is 215 cm³/mol. The van der Waals surface area contributed by atoms with E-state index in [-0.39, 0.29) is 76.7 Å². The molecule has 0 bridgehead atoms. The molecule has 16 heteroatoms. The van der Waals surface area contributed by atoms with Crippen LogP contribution in [0.15, 0.2) is 48.6 Å². The first-order valence-corrected chi connectivity index (χ1v) is 21.8. The second-order valence-electron chi connectivity index (χ2n) is 15.9. The van der Waals surface area contributed by atoms with Gasteiger partial charge >= 0.3 is 0 Å². The van der Waals surface area contributed by atoms with Gasteiger partial charge in [-0.05, 0) is 56.7 Å². The van der Waals surface area contributed by atoms with Crippen LogP contribution in [0.5, 0.6) is 23.0 Å². The second-order valence-corrected chi connectivity index (χ2v) is 20.7. The third-order valence-corrected chi connectivity index (χ3v) is 15.4. The monoisotopic (exact) mass is 796 g/mol. The van der Waals surface area contributed by atoms with Gasteiger partial charge in [-0.15, -0.1) is 0 Å². The number of rotatable bonds is 18. The zero-order chi connectivity index (χ0) is 41.5. The van der Waals surface area contributed by atoms with Gasteiger partial charge in [-0.2, -0.15) is 0 Å². The molecule has 4 rings (SSSR count). The molecule has 15 nitrogen and oxygen atoms in total. The van der Waals surface area contributed by atoms with Crippen LogP contribution in [-0.2, 0) is 4.43 Å². The second kappa shape index (κ2) is 18.3. The summed E-state index contributed by atoms with van der Waals surface area (Å²) < 4.78 is 29.2. The number of ether oxygens (including phenoxy) is 4. The molecule has 2 aromatic carbocycles. The van der Waals surface area contributed by atoms with Crippen LogP contribution < -0.4 is 18.9 Å². The first-order valence-electron chi connectivity index (χ1n) is 18.9. The summed E-state index contributed by atoms with van der Waals surface area (Å²) in [5.41, 5.74) is 0.801. The van der Waals surface area contributed by atoms with Crippen molar-refractivity contribution < 1.29 is 42.8 Å². The molecule has 0 saturated carbocycles. The van der Waals surface area contributed by atoms with E-state index in [2.05, 4.69) is 47.0 Å². The Kier molecular flexibility index (Phi) is 14.3. The lowest BCUT2D eigenvalue weighted by Crippen LogP contribution is -2.46. The third-order valence-electron chi connectivity index (χ3n) is 10.9. The predicted octanol–water partition coefficient (Wildman–Crippen LogP) is 8.12. The van der Waals surface area contributed by atoms with Crippen LogP contribution in [0.25, 0.3) is 0 Å². The molecule has 0 unspecified atom stereocenters. The molecule has 2 aromatic rings. The number of hydrogen-bond donors (Lipinski definition) is 0. The van der Waals surface area contributed by atoms with Gasteiger partial charge in [-0.1, -0.05) is 52.0 Å². The lowest BCUT2D eigenvalue weighted by molar-refractivity contribution is -0.385. The number of benzene rings is 2. The van der Waals surface area contributed by atoms with Gasteiger partial charge in [0.15, 0.2) is 31.3 Å². The minimum Gasteiger partial charge on any atom is -0.493 e. The molecule has 2 atom stereocenters. The van der Waals surface area contributed by atoms with Gasteiger partial charge in [0, 0.05) is 31.3 Å². The van der Waals surface area contributed by atoms with Gasteiger partial charge in [0.05, 0.1) is 62.1 Å². The Morgan fingerprint density at radius 3 is 1.59 bits per heavy atom. The first kappa shape index (κ1) is 43.8. The molecule has 2 amide bonds. The molecular weight excluding hydrogens is 741 g/mol. The van der Waals surface area contributed by atoms with Gasteiger partial charge in [-0.3, -0.25) is 29.8 Å². The van der Waals surface area contributed by atoms with E-state index in [1.54, 1.807) is 9.80 Å². The normalized spacial score (nSPS) is 17.3. The van der Waals surface area contributed by atoms with Gasteiger partial charge in [0.1, 0.15) is 11.1 Å². The standard InChI is InChI=1S/C40H56N4O11Si/c1-11-28-17-26(2)23-41(28)38(45)30-19-34(51-7)36(21-32(30)43(47)48)53-15-13-12-14-16-54-37-22-33(44(49)50)31(20-35(37)52-8)39(46)42-24-27(3)18-29(42)25-55-56(9,10)40(4,5)6/h19-22,28-29H,2-3,11-18,23-25H2,1,4-10H3/t28-,29+/m1/s1. The summed E-state index contributed by atoms with van der Waals surface area (Å²) in [6.07, 6.45) is 3.61. The summed E-state index contributed by atoms with van der Waals surface area (Å²) >= 11 is 0. The lowest BCUT2D eigenvalue weighted by Gasteiger charge is -2.38. The van der Waals surface area contributed by atoms with Crippen molar-refractivity contribution in [3.8, 4) is 23.0 Å². The molecule has 0 radical (unpaired) electrons. The molecule has 2 aliphatic heterocycles. The summed E-state index contributed by atoms with van der Waals surface area (Å²) in [6.45, 7) is 22.0. The summed E-state index contributed by atoms with van der Waals surface area (Å²) in [5.74, 6) is -0.298. The Labute approximate surface area is 330 Å². The SMILES string of the molecule is C=C1C[C@@H](CC)N(C(=O)c2cc(OC)c(OCCCCCOc3cc([N+](=O)[O-])c(C(=O)N4CC(=C)C[C@H]4CO[Si](C)(C)C(C)(C)C)cc3OC)cc2[N+](=O)[O-])C1. The summed E-state index contributed by atoms with van der Waals surface area (Å²) in [6, 6.07) is 4.77. The van der Waals surface area contributed by atoms with Gasteiger partial charge < -0.3 is 33.2 Å². The van der Waals surface area contributed by atoms with Crippen molar-refractivity contribution in [3.63, 3.8) is 0 Å². The average Bonchev–Trinajstić information content (AvgIpc) is 3.72. The van der Waals surface area contributed by atoms with E-state index in [0.717, 1.165) is 11.1 Å². The van der Waals surface area contributed by atoms with E-state index in [4.69, 9.17) is 23.4 Å². The van der Waals surface area contributed by atoms with Crippen molar-refractivity contribution in [2.75, 3.05) is 47.1 Å². The molecule has 306 valence electrons.